The summed E-state index contributed by atoms with van der Waals surface area (Å²) in [5.74, 6) is 0.311. The molecule has 212 valence electrons. The molecule has 7 nitrogen and oxygen atoms in total. The Bertz CT molecular complexity index is 1600. The van der Waals surface area contributed by atoms with Crippen molar-refractivity contribution in [1.82, 2.24) is 4.42 Å². The topological polar surface area (TPSA) is 90.0 Å². The highest BCUT2D eigenvalue weighted by Crippen LogP contribution is 2.35. The maximum atomic E-state index is 12.8. The average Bonchev–Trinajstić information content (AvgIpc) is 2.97. The van der Waals surface area contributed by atoms with Gasteiger partial charge in [0.25, 0.3) is 5.91 Å². The number of benzene rings is 4. The van der Waals surface area contributed by atoms with E-state index in [9.17, 15) is 18.0 Å². The van der Waals surface area contributed by atoms with Gasteiger partial charge in [0.05, 0.1) is 17.9 Å². The molecule has 0 atom stereocenters. The van der Waals surface area contributed by atoms with Gasteiger partial charge in [-0.25, -0.2) is 8.42 Å². The van der Waals surface area contributed by atoms with Gasteiger partial charge in [0.1, 0.15) is 11.5 Å². The lowest BCUT2D eigenvalue weighted by atomic mass is 10.0. The Morgan fingerprint density at radius 1 is 0.854 bits per heavy atom. The Morgan fingerprint density at radius 2 is 1.54 bits per heavy atom. The van der Waals surface area contributed by atoms with E-state index < -0.39 is 9.84 Å². The van der Waals surface area contributed by atoms with E-state index in [0.29, 0.717) is 41.2 Å². The van der Waals surface area contributed by atoms with Gasteiger partial charge in [-0.3, -0.25) is 14.0 Å². The van der Waals surface area contributed by atoms with E-state index in [-0.39, 0.29) is 29.8 Å². The van der Waals surface area contributed by atoms with E-state index in [1.807, 2.05) is 36.4 Å². The van der Waals surface area contributed by atoms with Gasteiger partial charge in [0.2, 0.25) is 0 Å². The maximum Gasteiger partial charge on any atom is 0.310 e. The molecule has 1 amide bonds. The Labute approximate surface area is 245 Å². The Hall–Kier alpha value is -4.14. The third kappa shape index (κ3) is 8.19. The van der Waals surface area contributed by atoms with Crippen LogP contribution in [0.2, 0.25) is 0 Å². The lowest BCUT2D eigenvalue weighted by Crippen LogP contribution is -2.23. The molecule has 0 radical (unpaired) electrons. The van der Waals surface area contributed by atoms with Crippen LogP contribution in [0.5, 0.6) is 11.5 Å². The highest BCUT2D eigenvalue weighted by Gasteiger charge is 2.16. The second-order valence-electron chi connectivity index (χ2n) is 9.36. The van der Waals surface area contributed by atoms with Crippen molar-refractivity contribution in [3.05, 3.63) is 114 Å². The summed E-state index contributed by atoms with van der Waals surface area (Å²) in [7, 11) is -3.36. The van der Waals surface area contributed by atoms with Crippen LogP contribution in [0.15, 0.2) is 102 Å². The fourth-order valence-corrected chi connectivity index (χ4v) is 4.98. The smallest absolute Gasteiger partial charge is 0.310 e. The zero-order valence-corrected chi connectivity index (χ0v) is 24.3. The van der Waals surface area contributed by atoms with E-state index in [0.717, 1.165) is 17.4 Å². The summed E-state index contributed by atoms with van der Waals surface area (Å²) in [6.07, 6.45) is 1.87. The fourth-order valence-electron chi connectivity index (χ4n) is 4.17. The lowest BCUT2D eigenvalue weighted by molar-refractivity contribution is -0.142. The van der Waals surface area contributed by atoms with Crippen molar-refractivity contribution >= 4 is 33.5 Å². The molecule has 0 aliphatic carbocycles. The molecule has 0 N–H and O–H groups in total. The molecule has 0 unspecified atom stereocenters. The number of esters is 1. The zero-order valence-electron chi connectivity index (χ0n) is 22.7. The summed E-state index contributed by atoms with van der Waals surface area (Å²) >= 11 is 6.27. The first-order valence-electron chi connectivity index (χ1n) is 13.0. The Kier molecular flexibility index (Phi) is 9.81. The maximum absolute atomic E-state index is 12.8. The van der Waals surface area contributed by atoms with Crippen LogP contribution in [0.1, 0.15) is 28.4 Å². The molecule has 0 spiro atoms. The molecule has 0 heterocycles. The zero-order chi connectivity index (χ0) is 29.4. The van der Waals surface area contributed by atoms with Crippen molar-refractivity contribution in [2.24, 2.45) is 0 Å². The van der Waals surface area contributed by atoms with E-state index in [4.69, 9.17) is 21.3 Å². The summed E-state index contributed by atoms with van der Waals surface area (Å²) in [4.78, 5) is 25.1. The van der Waals surface area contributed by atoms with E-state index in [1.54, 1.807) is 55.5 Å². The molecule has 0 bridgehead atoms. The van der Waals surface area contributed by atoms with Crippen LogP contribution in [-0.2, 0) is 32.2 Å². The van der Waals surface area contributed by atoms with Crippen molar-refractivity contribution < 1.29 is 27.5 Å². The number of amides is 1. The molecule has 4 rings (SSSR count). The molecule has 0 saturated carbocycles. The number of carbonyl (C=O) groups excluding carboxylic acids is 2. The number of ether oxygens (including phenoxy) is 2. The summed E-state index contributed by atoms with van der Waals surface area (Å²) < 4.78 is 36.3. The van der Waals surface area contributed by atoms with Gasteiger partial charge >= 0.3 is 5.97 Å². The van der Waals surface area contributed by atoms with Crippen LogP contribution in [0.3, 0.4) is 0 Å². The number of hydrogen-bond donors (Lipinski definition) is 0. The first-order valence-corrected chi connectivity index (χ1v) is 15.3. The minimum atomic E-state index is -3.36. The third-order valence-electron chi connectivity index (χ3n) is 6.28. The summed E-state index contributed by atoms with van der Waals surface area (Å²) in [6.45, 7) is 2.40. The van der Waals surface area contributed by atoms with Crippen LogP contribution in [0, 0.1) is 0 Å². The van der Waals surface area contributed by atoms with Gasteiger partial charge in [0, 0.05) is 35.7 Å². The number of carbonyl (C=O) groups is 2. The molecule has 4 aromatic carbocycles. The van der Waals surface area contributed by atoms with Gasteiger partial charge in [-0.05, 0) is 78.6 Å². The normalized spacial score (nSPS) is 11.1. The molecule has 0 aliphatic rings. The van der Waals surface area contributed by atoms with E-state index >= 15 is 0 Å². The second kappa shape index (κ2) is 13.5. The summed E-state index contributed by atoms with van der Waals surface area (Å²) in [5, 5.41) is 0. The highest BCUT2D eigenvalue weighted by molar-refractivity contribution is 7.90. The fraction of sp³-hybridized carbons (Fsp3) is 0.188. The van der Waals surface area contributed by atoms with Gasteiger partial charge in [-0.15, -0.1) is 0 Å². The molecule has 0 aliphatic heterocycles. The first kappa shape index (κ1) is 29.8. The molecule has 0 fully saturated rings. The molecule has 0 aromatic heterocycles. The molecule has 4 aromatic rings. The van der Waals surface area contributed by atoms with E-state index in [1.165, 1.54) is 16.6 Å². The molecule has 9 heteroatoms. The monoisotopic (exact) mass is 591 g/mol. The Morgan fingerprint density at radius 3 is 2.17 bits per heavy atom. The molecule has 41 heavy (non-hydrogen) atoms. The predicted octanol–water partition coefficient (Wildman–Crippen LogP) is 6.49. The number of hydrogen-bond acceptors (Lipinski definition) is 6. The van der Waals surface area contributed by atoms with Crippen LogP contribution < -0.4 is 4.74 Å². The van der Waals surface area contributed by atoms with Crippen molar-refractivity contribution in [2.75, 3.05) is 19.4 Å². The van der Waals surface area contributed by atoms with Gasteiger partial charge < -0.3 is 9.47 Å². The van der Waals surface area contributed by atoms with E-state index in [2.05, 4.69) is 0 Å². The van der Waals surface area contributed by atoms with Gasteiger partial charge in [-0.2, -0.15) is 0 Å². The van der Waals surface area contributed by atoms with Crippen LogP contribution in [-0.4, -0.2) is 44.1 Å². The quantitative estimate of drug-likeness (QED) is 0.146. The summed E-state index contributed by atoms with van der Waals surface area (Å²) in [5.41, 5.74) is 3.60. The van der Waals surface area contributed by atoms with Crippen molar-refractivity contribution in [3.63, 3.8) is 0 Å². The van der Waals surface area contributed by atoms with Crippen LogP contribution in [0.25, 0.3) is 11.1 Å². The first-order chi connectivity index (χ1) is 19.6. The molecular formula is C32H30ClNO6S. The van der Waals surface area contributed by atoms with Crippen molar-refractivity contribution in [2.45, 2.75) is 24.7 Å². The predicted molar refractivity (Wildman–Crippen MR) is 159 cm³/mol. The lowest BCUT2D eigenvalue weighted by Gasteiger charge is -2.16. The van der Waals surface area contributed by atoms with Gasteiger partial charge in [0.15, 0.2) is 9.84 Å². The number of halogens is 1. The van der Waals surface area contributed by atoms with Crippen molar-refractivity contribution in [1.29, 1.82) is 0 Å². The minimum absolute atomic E-state index is 0.0819. The average molecular weight is 592 g/mol. The highest BCUT2D eigenvalue weighted by atomic mass is 35.5. The van der Waals surface area contributed by atoms with Crippen LogP contribution >= 0.6 is 11.8 Å². The summed E-state index contributed by atoms with van der Waals surface area (Å²) in [6, 6.07) is 28.2. The third-order valence-corrected chi connectivity index (χ3v) is 7.73. The van der Waals surface area contributed by atoms with Crippen molar-refractivity contribution in [3.8, 4) is 22.6 Å². The number of nitrogens with zero attached hydrogens (tertiary/aromatic N) is 1. The number of rotatable bonds is 11. The number of sulfone groups is 1. The Balaban J connectivity index is 1.53. The molecular weight excluding hydrogens is 562 g/mol. The second-order valence-corrected chi connectivity index (χ2v) is 11.8. The van der Waals surface area contributed by atoms with Gasteiger partial charge in [-0.1, -0.05) is 48.5 Å². The SMILES string of the molecule is CCOC(=O)Cc1ccc(Oc2ccc(C(=O)N(Cl)CCc3ccccc3)cc2)c(-c2ccc(S(C)(=O)=O)cc2)c1. The van der Waals surface area contributed by atoms with Crippen LogP contribution in [0.4, 0.5) is 0 Å². The minimum Gasteiger partial charge on any atom is -0.466 e. The molecule has 0 saturated heterocycles. The standard InChI is InChI=1S/C32H30ClNO6S/c1-3-39-31(35)22-24-9-18-30(29(21-24)25-12-16-28(17-13-25)41(2,37)38)40-27-14-10-26(11-15-27)32(36)34(33)20-19-23-7-5-4-6-8-23/h4-18,21H,3,19-20,22H2,1-2H3. The largest absolute Gasteiger partial charge is 0.466 e.